The molecule has 2 unspecified atom stereocenters. The molecule has 166 valence electrons. The third-order valence-electron chi connectivity index (χ3n) is 7.60. The van der Waals surface area contributed by atoms with Gasteiger partial charge in [0.15, 0.2) is 0 Å². The first-order chi connectivity index (χ1) is 14.8. The molecule has 1 aromatic rings. The molecule has 1 aromatic carbocycles. The lowest BCUT2D eigenvalue weighted by Crippen LogP contribution is -2.06. The topological polar surface area (TPSA) is 0 Å². The summed E-state index contributed by atoms with van der Waals surface area (Å²) in [7, 11) is 0. The van der Waals surface area contributed by atoms with Gasteiger partial charge in [-0.2, -0.15) is 0 Å². The van der Waals surface area contributed by atoms with Crippen LogP contribution in [0.4, 0.5) is 0 Å². The molecule has 30 heavy (non-hydrogen) atoms. The van der Waals surface area contributed by atoms with E-state index >= 15 is 0 Å². The van der Waals surface area contributed by atoms with Crippen LogP contribution in [-0.2, 0) is 0 Å². The van der Waals surface area contributed by atoms with Crippen LogP contribution in [0.15, 0.2) is 36.4 Å². The number of hydrogen-bond acceptors (Lipinski definition) is 0. The maximum Gasteiger partial charge on any atom is -0.0227 e. The quantitative estimate of drug-likeness (QED) is 0.303. The Kier molecular flexibility index (Phi) is 10.3. The van der Waals surface area contributed by atoms with Crippen molar-refractivity contribution in [3.63, 3.8) is 0 Å². The van der Waals surface area contributed by atoms with Gasteiger partial charge in [0.1, 0.15) is 0 Å². The summed E-state index contributed by atoms with van der Waals surface area (Å²) < 4.78 is 0. The fraction of sp³-hybridized carbons (Fsp3) is 0.667. The predicted molar refractivity (Wildman–Crippen MR) is 135 cm³/mol. The molecular weight excluding hydrogens is 360 g/mol. The lowest BCUT2D eigenvalue weighted by molar-refractivity contribution is 0.425. The molecule has 2 aliphatic rings. The molecule has 0 bridgehead atoms. The highest BCUT2D eigenvalue weighted by Gasteiger charge is 2.17. The van der Waals surface area contributed by atoms with Crippen LogP contribution in [-0.4, -0.2) is 0 Å². The van der Waals surface area contributed by atoms with Crippen LogP contribution in [0.1, 0.15) is 128 Å². The third kappa shape index (κ3) is 7.44. The van der Waals surface area contributed by atoms with E-state index in [0.717, 1.165) is 11.8 Å². The van der Waals surface area contributed by atoms with E-state index in [1.807, 2.05) is 0 Å². The Bertz CT molecular complexity index is 601. The van der Waals surface area contributed by atoms with E-state index in [-0.39, 0.29) is 0 Å². The Morgan fingerprint density at radius 3 is 1.37 bits per heavy atom. The summed E-state index contributed by atoms with van der Waals surface area (Å²) in [5.41, 5.74) is 6.12. The standard InChI is InChI=1S/C30H46/c1-3-5-7-9-11-25-13-17-27(18-14-25)29-21-23-30(24-22-29)28-19-15-26(16-20-28)12-10-8-6-4-2/h17,19,21-26H,3-16,18,20H2,1-2H3. The molecule has 0 fully saturated rings. The van der Waals surface area contributed by atoms with E-state index in [4.69, 9.17) is 0 Å². The lowest BCUT2D eigenvalue weighted by atomic mass is 9.82. The number of hydrogen-bond donors (Lipinski definition) is 0. The first-order valence-electron chi connectivity index (χ1n) is 13.3. The second-order valence-corrected chi connectivity index (χ2v) is 10.0. The average molecular weight is 407 g/mol. The minimum absolute atomic E-state index is 0.937. The van der Waals surface area contributed by atoms with E-state index in [1.165, 1.54) is 114 Å². The van der Waals surface area contributed by atoms with Crippen molar-refractivity contribution in [3.8, 4) is 0 Å². The van der Waals surface area contributed by atoms with Crippen LogP contribution >= 0.6 is 0 Å². The van der Waals surface area contributed by atoms with Crippen LogP contribution in [0, 0.1) is 11.8 Å². The van der Waals surface area contributed by atoms with Crippen LogP contribution in [0.5, 0.6) is 0 Å². The van der Waals surface area contributed by atoms with Crippen LogP contribution in [0.25, 0.3) is 11.1 Å². The minimum Gasteiger partial charge on any atom is -0.0804 e. The summed E-state index contributed by atoms with van der Waals surface area (Å²) in [4.78, 5) is 0. The Morgan fingerprint density at radius 1 is 0.600 bits per heavy atom. The molecule has 0 aliphatic heterocycles. The van der Waals surface area contributed by atoms with Crippen molar-refractivity contribution < 1.29 is 0 Å². The van der Waals surface area contributed by atoms with E-state index in [0.29, 0.717) is 0 Å². The summed E-state index contributed by atoms with van der Waals surface area (Å²) in [5, 5.41) is 0. The zero-order chi connectivity index (χ0) is 21.0. The summed E-state index contributed by atoms with van der Waals surface area (Å²) in [6.07, 6.45) is 27.2. The van der Waals surface area contributed by atoms with Gasteiger partial charge in [-0.3, -0.25) is 0 Å². The van der Waals surface area contributed by atoms with Gasteiger partial charge >= 0.3 is 0 Å². The van der Waals surface area contributed by atoms with Crippen molar-refractivity contribution in [1.29, 1.82) is 0 Å². The maximum atomic E-state index is 2.55. The highest BCUT2D eigenvalue weighted by atomic mass is 14.2. The van der Waals surface area contributed by atoms with E-state index < -0.39 is 0 Å². The van der Waals surface area contributed by atoms with Crippen molar-refractivity contribution in [2.24, 2.45) is 11.8 Å². The molecule has 2 aliphatic carbocycles. The fourth-order valence-electron chi connectivity index (χ4n) is 5.44. The normalized spacial score (nSPS) is 21.9. The molecule has 0 saturated carbocycles. The zero-order valence-electron chi connectivity index (χ0n) is 19.9. The Hall–Kier alpha value is -1.30. The average Bonchev–Trinajstić information content (AvgIpc) is 2.81. The predicted octanol–water partition coefficient (Wildman–Crippen LogP) is 9.99. The Morgan fingerprint density at radius 2 is 1.03 bits per heavy atom. The number of unbranched alkanes of at least 4 members (excludes halogenated alkanes) is 6. The number of allylic oxidation sites excluding steroid dienone is 4. The second-order valence-electron chi connectivity index (χ2n) is 10.0. The molecule has 0 nitrogen and oxygen atoms in total. The molecule has 0 heteroatoms. The monoisotopic (exact) mass is 406 g/mol. The van der Waals surface area contributed by atoms with Gasteiger partial charge in [0.05, 0.1) is 0 Å². The summed E-state index contributed by atoms with van der Waals surface area (Å²) in [6.45, 7) is 4.61. The molecule has 0 N–H and O–H groups in total. The summed E-state index contributed by atoms with van der Waals surface area (Å²) in [6, 6.07) is 9.56. The highest BCUT2D eigenvalue weighted by molar-refractivity contribution is 5.71. The first kappa shape index (κ1) is 23.4. The summed E-state index contributed by atoms with van der Waals surface area (Å²) >= 11 is 0. The zero-order valence-corrected chi connectivity index (χ0v) is 19.9. The minimum atomic E-state index is 0.937. The van der Waals surface area contributed by atoms with Gasteiger partial charge in [-0.05, 0) is 72.6 Å². The highest BCUT2D eigenvalue weighted by Crippen LogP contribution is 2.35. The van der Waals surface area contributed by atoms with Crippen molar-refractivity contribution in [2.45, 2.75) is 117 Å². The largest absolute Gasteiger partial charge is 0.0804 e. The van der Waals surface area contributed by atoms with E-state index in [1.54, 1.807) is 11.1 Å². The molecule has 0 aromatic heterocycles. The number of benzene rings is 1. The van der Waals surface area contributed by atoms with E-state index in [9.17, 15) is 0 Å². The van der Waals surface area contributed by atoms with Crippen molar-refractivity contribution in [3.05, 3.63) is 47.5 Å². The second kappa shape index (κ2) is 13.2. The van der Waals surface area contributed by atoms with Gasteiger partial charge in [-0.25, -0.2) is 0 Å². The Balaban J connectivity index is 1.45. The van der Waals surface area contributed by atoms with Gasteiger partial charge < -0.3 is 0 Å². The van der Waals surface area contributed by atoms with Crippen molar-refractivity contribution >= 4 is 11.1 Å². The van der Waals surface area contributed by atoms with Gasteiger partial charge in [0.2, 0.25) is 0 Å². The van der Waals surface area contributed by atoms with Gasteiger partial charge in [-0.1, -0.05) is 114 Å². The lowest BCUT2D eigenvalue weighted by Gasteiger charge is -2.23. The number of rotatable bonds is 12. The van der Waals surface area contributed by atoms with E-state index in [2.05, 4.69) is 50.3 Å². The summed E-state index contributed by atoms with van der Waals surface area (Å²) in [5.74, 6) is 1.87. The molecule has 0 radical (unpaired) electrons. The van der Waals surface area contributed by atoms with Crippen LogP contribution in [0.3, 0.4) is 0 Å². The molecule has 3 rings (SSSR count). The van der Waals surface area contributed by atoms with Crippen molar-refractivity contribution in [2.75, 3.05) is 0 Å². The van der Waals surface area contributed by atoms with Gasteiger partial charge in [0, 0.05) is 0 Å². The first-order valence-corrected chi connectivity index (χ1v) is 13.3. The Labute approximate surface area is 187 Å². The molecular formula is C30H46. The molecule has 0 saturated heterocycles. The SMILES string of the molecule is CCCCCCC1CC=C(c2ccc(C3=CCC(CCCCCC)CC3)cc2)CC1. The van der Waals surface area contributed by atoms with Crippen LogP contribution < -0.4 is 0 Å². The third-order valence-corrected chi connectivity index (χ3v) is 7.60. The van der Waals surface area contributed by atoms with Gasteiger partial charge in [0.25, 0.3) is 0 Å². The van der Waals surface area contributed by atoms with Crippen LogP contribution in [0.2, 0.25) is 0 Å². The molecule has 2 atom stereocenters. The molecule has 0 amide bonds. The maximum absolute atomic E-state index is 2.55. The molecule has 0 heterocycles. The smallest absolute Gasteiger partial charge is 0.0227 e. The molecule has 0 spiro atoms. The van der Waals surface area contributed by atoms with Gasteiger partial charge in [-0.15, -0.1) is 0 Å². The van der Waals surface area contributed by atoms with Crippen molar-refractivity contribution in [1.82, 2.24) is 0 Å². The fourth-order valence-corrected chi connectivity index (χ4v) is 5.44.